The largest absolute Gasteiger partial charge is 0.497 e. The molecule has 6 heterocycles. The molecule has 2 aliphatic rings. The van der Waals surface area contributed by atoms with Gasteiger partial charge in [-0.1, -0.05) is 42.5 Å². The van der Waals surface area contributed by atoms with Gasteiger partial charge in [0.25, 0.3) is 20.0 Å². The molecule has 2 saturated heterocycles. The quantitative estimate of drug-likeness (QED) is 0.123. The average molecular weight is 851 g/mol. The summed E-state index contributed by atoms with van der Waals surface area (Å²) >= 11 is 0. The maximum Gasteiger partial charge on any atom is 0.271 e. The number of ether oxygens (including phenoxy) is 1. The highest BCUT2D eigenvalue weighted by molar-refractivity contribution is 7.90. The Bertz CT molecular complexity index is 3140. The Balaban J connectivity index is 0.000000154. The Morgan fingerprint density at radius 2 is 1.20 bits per heavy atom. The molecule has 0 radical (unpaired) electrons. The molecule has 13 nitrogen and oxygen atoms in total. The van der Waals surface area contributed by atoms with E-state index in [0.717, 1.165) is 71.4 Å². The highest BCUT2D eigenvalue weighted by atomic mass is 32.2. The van der Waals surface area contributed by atoms with Gasteiger partial charge in [-0.15, -0.1) is 0 Å². The van der Waals surface area contributed by atoms with Crippen LogP contribution in [-0.2, 0) is 20.0 Å². The molecule has 0 amide bonds. The van der Waals surface area contributed by atoms with E-state index in [9.17, 15) is 25.6 Å². The van der Waals surface area contributed by atoms with Crippen molar-refractivity contribution in [2.75, 3.05) is 43.9 Å². The van der Waals surface area contributed by atoms with Crippen LogP contribution in [0.25, 0.3) is 43.6 Å². The molecule has 308 valence electrons. The number of pyridine rings is 2. The molecular formula is C43H40F2N8O5S2. The number of halogens is 2. The molecule has 4 N–H and O–H groups in total. The van der Waals surface area contributed by atoms with Gasteiger partial charge in [-0.3, -0.25) is 0 Å². The van der Waals surface area contributed by atoms with E-state index >= 15 is 0 Å². The third kappa shape index (κ3) is 7.16. The Labute approximate surface area is 344 Å². The molecule has 0 bridgehead atoms. The molecule has 4 aromatic carbocycles. The topological polar surface area (TPSA) is 161 Å². The summed E-state index contributed by atoms with van der Waals surface area (Å²) in [7, 11) is -6.68. The van der Waals surface area contributed by atoms with Crippen molar-refractivity contribution in [1.82, 2.24) is 28.5 Å². The number of nitrogens with zero attached hydrogens (tertiary/aromatic N) is 4. The zero-order valence-electron chi connectivity index (χ0n) is 32.3. The Kier molecular flexibility index (Phi) is 10.4. The SMILES string of the molecule is COc1cccc(S(=O)(=O)n2ccc3c(NC4CCNC4)nc4ccccc4c32)c1.O=S(=O)(c1cc(F)ccc1F)n1ccc2c(NC3CCNC3)nc3ccccc3c21. The van der Waals surface area contributed by atoms with Crippen molar-refractivity contribution in [3.05, 3.63) is 127 Å². The van der Waals surface area contributed by atoms with Gasteiger partial charge < -0.3 is 26.0 Å². The zero-order valence-corrected chi connectivity index (χ0v) is 33.9. The minimum absolute atomic E-state index is 0.169. The highest BCUT2D eigenvalue weighted by Gasteiger charge is 2.28. The lowest BCUT2D eigenvalue weighted by molar-refractivity contribution is 0.413. The van der Waals surface area contributed by atoms with Crippen LogP contribution >= 0.6 is 0 Å². The normalized spacial score (nSPS) is 17.0. The summed E-state index contributed by atoms with van der Waals surface area (Å²) in [6.07, 6.45) is 4.88. The van der Waals surface area contributed by atoms with E-state index in [2.05, 4.69) is 26.3 Å². The third-order valence-corrected chi connectivity index (χ3v) is 14.2. The lowest BCUT2D eigenvalue weighted by Crippen LogP contribution is -2.23. The predicted molar refractivity (Wildman–Crippen MR) is 229 cm³/mol. The first-order chi connectivity index (χ1) is 29.0. The van der Waals surface area contributed by atoms with E-state index in [1.54, 1.807) is 48.7 Å². The first-order valence-corrected chi connectivity index (χ1v) is 22.3. The van der Waals surface area contributed by atoms with Crippen LogP contribution in [0.4, 0.5) is 20.4 Å². The number of methoxy groups -OCH3 is 1. The average Bonchev–Trinajstić information content (AvgIpc) is 4.10. The zero-order chi connectivity index (χ0) is 41.6. The molecule has 10 rings (SSSR count). The molecule has 60 heavy (non-hydrogen) atoms. The minimum atomic E-state index is -4.38. The van der Waals surface area contributed by atoms with Crippen LogP contribution in [0, 0.1) is 11.6 Å². The number of hydrogen-bond donors (Lipinski definition) is 4. The number of anilines is 2. The van der Waals surface area contributed by atoms with E-state index in [1.165, 1.54) is 23.3 Å². The summed E-state index contributed by atoms with van der Waals surface area (Å²) in [6, 6.07) is 27.6. The van der Waals surface area contributed by atoms with Crippen LogP contribution in [0.1, 0.15) is 12.8 Å². The van der Waals surface area contributed by atoms with Crippen LogP contribution < -0.4 is 26.0 Å². The van der Waals surface area contributed by atoms with Gasteiger partial charge in [0, 0.05) is 65.2 Å². The van der Waals surface area contributed by atoms with Gasteiger partial charge in [0.2, 0.25) is 0 Å². The van der Waals surface area contributed by atoms with Crippen molar-refractivity contribution in [3.63, 3.8) is 0 Å². The van der Waals surface area contributed by atoms with E-state index in [1.807, 2.05) is 36.4 Å². The Morgan fingerprint density at radius 3 is 1.73 bits per heavy atom. The first-order valence-electron chi connectivity index (χ1n) is 19.4. The van der Waals surface area contributed by atoms with Crippen molar-refractivity contribution < 1.29 is 30.4 Å². The summed E-state index contributed by atoms with van der Waals surface area (Å²) < 4.78 is 89.2. The number of hydrogen-bond acceptors (Lipinski definition) is 11. The van der Waals surface area contributed by atoms with Crippen molar-refractivity contribution >= 4 is 75.3 Å². The number of fused-ring (bicyclic) bond motifs is 6. The van der Waals surface area contributed by atoms with E-state index in [4.69, 9.17) is 9.72 Å². The molecule has 2 fully saturated rings. The summed E-state index contributed by atoms with van der Waals surface area (Å²) in [5.41, 5.74) is 2.35. The third-order valence-electron chi connectivity index (χ3n) is 10.8. The highest BCUT2D eigenvalue weighted by Crippen LogP contribution is 2.35. The Morgan fingerprint density at radius 1 is 0.650 bits per heavy atom. The molecule has 8 aromatic rings. The van der Waals surface area contributed by atoms with Crippen molar-refractivity contribution in [1.29, 1.82) is 0 Å². The fourth-order valence-electron chi connectivity index (χ4n) is 7.86. The maximum absolute atomic E-state index is 14.3. The van der Waals surface area contributed by atoms with E-state index in [0.29, 0.717) is 50.8 Å². The molecule has 2 aliphatic heterocycles. The van der Waals surface area contributed by atoms with Crippen molar-refractivity contribution in [2.45, 2.75) is 34.7 Å². The van der Waals surface area contributed by atoms with Gasteiger partial charge in [-0.2, -0.15) is 0 Å². The monoisotopic (exact) mass is 850 g/mol. The molecule has 0 spiro atoms. The fraction of sp³-hybridized carbons (Fsp3) is 0.209. The van der Waals surface area contributed by atoms with Crippen molar-refractivity contribution in [2.24, 2.45) is 0 Å². The Hall–Kier alpha value is -6.14. The second kappa shape index (κ2) is 15.8. The van der Waals surface area contributed by atoms with Gasteiger partial charge in [0.1, 0.15) is 33.9 Å². The summed E-state index contributed by atoms with van der Waals surface area (Å²) in [4.78, 5) is 8.94. The van der Waals surface area contributed by atoms with Crippen molar-refractivity contribution in [3.8, 4) is 5.75 Å². The number of benzene rings is 4. The smallest absolute Gasteiger partial charge is 0.271 e. The van der Waals surface area contributed by atoms with Crippen LogP contribution in [0.2, 0.25) is 0 Å². The number of rotatable bonds is 9. The van der Waals surface area contributed by atoms with Gasteiger partial charge in [-0.05, 0) is 80.5 Å². The van der Waals surface area contributed by atoms with Gasteiger partial charge in [0.05, 0.1) is 34.1 Å². The van der Waals surface area contributed by atoms with Gasteiger partial charge in [-0.25, -0.2) is 43.5 Å². The molecule has 0 saturated carbocycles. The van der Waals surface area contributed by atoms with Crippen LogP contribution in [0.5, 0.6) is 5.75 Å². The predicted octanol–water partition coefficient (Wildman–Crippen LogP) is 6.69. The maximum atomic E-state index is 14.3. The van der Waals surface area contributed by atoms with Crippen LogP contribution in [0.15, 0.2) is 125 Å². The summed E-state index contributed by atoms with van der Waals surface area (Å²) in [5.74, 6) is -0.0701. The molecular weight excluding hydrogens is 811 g/mol. The lowest BCUT2D eigenvalue weighted by atomic mass is 10.1. The lowest BCUT2D eigenvalue weighted by Gasteiger charge is -2.15. The number of para-hydroxylation sites is 2. The minimum Gasteiger partial charge on any atom is -0.497 e. The second-order valence-corrected chi connectivity index (χ2v) is 18.2. The molecule has 0 aliphatic carbocycles. The van der Waals surface area contributed by atoms with E-state index in [-0.39, 0.29) is 17.0 Å². The molecule has 2 unspecified atom stereocenters. The molecule has 4 aromatic heterocycles. The number of aromatic nitrogens is 4. The van der Waals surface area contributed by atoms with Crippen LogP contribution in [-0.4, -0.2) is 80.1 Å². The van der Waals surface area contributed by atoms with Gasteiger partial charge >= 0.3 is 0 Å². The second-order valence-electron chi connectivity index (χ2n) is 14.6. The number of nitrogens with one attached hydrogen (secondary N) is 4. The van der Waals surface area contributed by atoms with Gasteiger partial charge in [0.15, 0.2) is 0 Å². The summed E-state index contributed by atoms with van der Waals surface area (Å²) in [6.45, 7) is 3.49. The standard InChI is InChI=1S/C22H22N4O3S.C21H18F2N4O2S/c1-29-16-5-4-6-17(13-16)30(27,28)26-12-10-19-21(26)18-7-2-3-8-20(18)25-22(19)24-15-9-11-23-14-15;22-13-5-6-17(23)19(11-13)30(28,29)27-10-8-16-20(27)15-3-1-2-4-18(15)26-21(16)25-14-7-9-24-12-14/h2-8,10,12-13,15,23H,9,11,14H2,1H3,(H,24,25);1-6,8,10-11,14,24H,7,9,12H2,(H,25,26). The van der Waals surface area contributed by atoms with E-state index < -0.39 is 36.6 Å². The molecule has 17 heteroatoms. The first kappa shape index (κ1) is 39.3. The molecule has 2 atom stereocenters. The fourth-order valence-corrected chi connectivity index (χ4v) is 10.7. The summed E-state index contributed by atoms with van der Waals surface area (Å²) in [5, 5.41) is 16.3. The van der Waals surface area contributed by atoms with Crippen LogP contribution in [0.3, 0.4) is 0 Å².